The fourth-order valence-electron chi connectivity index (χ4n) is 2.13. The highest BCUT2D eigenvalue weighted by molar-refractivity contribution is 5.39. The van der Waals surface area contributed by atoms with Crippen molar-refractivity contribution in [1.29, 1.82) is 0 Å². The van der Waals surface area contributed by atoms with E-state index in [0.29, 0.717) is 5.92 Å². The molecule has 19 heavy (non-hydrogen) atoms. The zero-order chi connectivity index (χ0) is 14.0. The highest BCUT2D eigenvalue weighted by Crippen LogP contribution is 2.24. The first-order chi connectivity index (χ1) is 8.95. The minimum absolute atomic E-state index is 0.107. The van der Waals surface area contributed by atoms with E-state index < -0.39 is 0 Å². The Kier molecular flexibility index (Phi) is 3.76. The summed E-state index contributed by atoms with van der Waals surface area (Å²) in [6.45, 7) is 8.75. The molecule has 0 atom stereocenters. The van der Waals surface area contributed by atoms with Crippen LogP contribution in [0.3, 0.4) is 0 Å². The van der Waals surface area contributed by atoms with Crippen LogP contribution in [-0.4, -0.2) is 16.6 Å². The molecular weight excluding hydrogens is 234 g/mol. The van der Waals surface area contributed by atoms with Gasteiger partial charge in [0, 0.05) is 5.69 Å². The molecular formula is C16H23N3. The number of hydrogen-bond donors (Lipinski definition) is 1. The first-order valence-electron chi connectivity index (χ1n) is 6.78. The van der Waals surface area contributed by atoms with Crippen LogP contribution in [0, 0.1) is 0 Å². The second-order valence-corrected chi connectivity index (χ2v) is 5.77. The van der Waals surface area contributed by atoms with E-state index in [1.807, 2.05) is 19.6 Å². The Hall–Kier alpha value is -1.61. The van der Waals surface area contributed by atoms with Gasteiger partial charge in [-0.3, -0.25) is 0 Å². The normalized spacial score (nSPS) is 12.1. The Morgan fingerprint density at radius 1 is 1.26 bits per heavy atom. The number of hydrogen-bond acceptors (Lipinski definition) is 2. The third-order valence-corrected chi connectivity index (χ3v) is 3.72. The molecule has 0 unspecified atom stereocenters. The van der Waals surface area contributed by atoms with E-state index in [4.69, 9.17) is 0 Å². The molecule has 0 aliphatic heterocycles. The molecule has 0 amide bonds. The van der Waals surface area contributed by atoms with Gasteiger partial charge >= 0.3 is 0 Å². The van der Waals surface area contributed by atoms with Gasteiger partial charge in [-0.25, -0.2) is 4.98 Å². The molecule has 0 saturated carbocycles. The molecule has 1 aromatic heterocycles. The highest BCUT2D eigenvalue weighted by Gasteiger charge is 2.22. The molecule has 0 fully saturated rings. The lowest BCUT2D eigenvalue weighted by Crippen LogP contribution is -2.35. The maximum Gasteiger partial charge on any atom is 0.0994 e. The lowest BCUT2D eigenvalue weighted by molar-refractivity contribution is 0.424. The summed E-state index contributed by atoms with van der Waals surface area (Å²) >= 11 is 0. The van der Waals surface area contributed by atoms with Crippen LogP contribution in [0.15, 0.2) is 36.8 Å². The smallest absolute Gasteiger partial charge is 0.0994 e. The monoisotopic (exact) mass is 257 g/mol. The zero-order valence-electron chi connectivity index (χ0n) is 12.4. The number of imidazole rings is 1. The number of benzene rings is 1. The lowest BCUT2D eigenvalue weighted by Gasteiger charge is -2.25. The van der Waals surface area contributed by atoms with Crippen LogP contribution in [0.1, 0.15) is 44.9 Å². The molecule has 0 aliphatic rings. The van der Waals surface area contributed by atoms with Crippen LogP contribution in [0.5, 0.6) is 0 Å². The van der Waals surface area contributed by atoms with Gasteiger partial charge in [0.15, 0.2) is 0 Å². The van der Waals surface area contributed by atoms with Crippen molar-refractivity contribution >= 4 is 0 Å². The molecule has 102 valence electrons. The average molecular weight is 257 g/mol. The number of aromatic nitrogens is 2. The molecule has 1 aromatic carbocycles. The van der Waals surface area contributed by atoms with Gasteiger partial charge in [0.1, 0.15) is 0 Å². The summed E-state index contributed by atoms with van der Waals surface area (Å²) in [5.41, 5.74) is 3.57. The average Bonchev–Trinajstić information content (AvgIpc) is 2.89. The Balaban J connectivity index is 2.49. The molecule has 0 bridgehead atoms. The molecule has 0 saturated heterocycles. The molecule has 0 aliphatic carbocycles. The second-order valence-electron chi connectivity index (χ2n) is 5.77. The molecule has 0 spiro atoms. The summed E-state index contributed by atoms with van der Waals surface area (Å²) in [4.78, 5) is 4.31. The fourth-order valence-corrected chi connectivity index (χ4v) is 2.13. The van der Waals surface area contributed by atoms with Gasteiger partial charge in [-0.2, -0.15) is 0 Å². The quantitative estimate of drug-likeness (QED) is 0.909. The second kappa shape index (κ2) is 5.17. The van der Waals surface area contributed by atoms with Crippen molar-refractivity contribution in [2.45, 2.75) is 39.2 Å². The number of rotatable bonds is 4. The van der Waals surface area contributed by atoms with E-state index in [9.17, 15) is 0 Å². The van der Waals surface area contributed by atoms with E-state index in [0.717, 1.165) is 5.69 Å². The summed E-state index contributed by atoms with van der Waals surface area (Å²) in [5.74, 6) is 0.532. The Morgan fingerprint density at radius 3 is 2.63 bits per heavy atom. The van der Waals surface area contributed by atoms with Crippen molar-refractivity contribution in [3.05, 3.63) is 48.0 Å². The van der Waals surface area contributed by atoms with Gasteiger partial charge in [-0.15, -0.1) is 0 Å². The van der Waals surface area contributed by atoms with Crippen molar-refractivity contribution in [1.82, 2.24) is 14.9 Å². The van der Waals surface area contributed by atoms with E-state index >= 15 is 0 Å². The standard InChI is InChI=1S/C16H23N3/c1-12(2)13-7-6-8-14(9-13)19-11-18-10-15(19)16(3,4)17-5/h6-12,17H,1-5H3. The van der Waals surface area contributed by atoms with Gasteiger partial charge in [0.05, 0.1) is 23.8 Å². The van der Waals surface area contributed by atoms with Crippen molar-refractivity contribution in [2.75, 3.05) is 7.05 Å². The van der Waals surface area contributed by atoms with E-state index in [1.54, 1.807) is 0 Å². The predicted octanol–water partition coefficient (Wildman–Crippen LogP) is 3.45. The third kappa shape index (κ3) is 2.71. The third-order valence-electron chi connectivity index (χ3n) is 3.72. The van der Waals surface area contributed by atoms with Gasteiger partial charge in [0.2, 0.25) is 0 Å². The van der Waals surface area contributed by atoms with Gasteiger partial charge in [0.25, 0.3) is 0 Å². The van der Waals surface area contributed by atoms with Crippen LogP contribution in [-0.2, 0) is 5.54 Å². The summed E-state index contributed by atoms with van der Waals surface area (Å²) in [5, 5.41) is 3.33. The molecule has 3 nitrogen and oxygen atoms in total. The minimum Gasteiger partial charge on any atom is -0.310 e. The van der Waals surface area contributed by atoms with Crippen molar-refractivity contribution in [3.63, 3.8) is 0 Å². The van der Waals surface area contributed by atoms with Crippen LogP contribution in [0.4, 0.5) is 0 Å². The molecule has 2 aromatic rings. The van der Waals surface area contributed by atoms with Crippen LogP contribution in [0.25, 0.3) is 5.69 Å². The Labute approximate surface area is 115 Å². The van der Waals surface area contributed by atoms with Gasteiger partial charge in [-0.05, 0) is 44.5 Å². The van der Waals surface area contributed by atoms with E-state index in [-0.39, 0.29) is 5.54 Å². The number of nitrogens with one attached hydrogen (secondary N) is 1. The van der Waals surface area contributed by atoms with E-state index in [2.05, 4.69) is 66.8 Å². The van der Waals surface area contributed by atoms with E-state index in [1.165, 1.54) is 11.3 Å². The SMILES string of the molecule is CNC(C)(C)c1cncn1-c1cccc(C(C)C)c1. The highest BCUT2D eigenvalue weighted by atomic mass is 15.1. The molecule has 3 heteroatoms. The lowest BCUT2D eigenvalue weighted by atomic mass is 10.0. The summed E-state index contributed by atoms with van der Waals surface area (Å²) in [7, 11) is 1.97. The van der Waals surface area contributed by atoms with Gasteiger partial charge in [-0.1, -0.05) is 26.0 Å². The first kappa shape index (κ1) is 13.8. The maximum atomic E-state index is 4.31. The minimum atomic E-state index is -0.107. The predicted molar refractivity (Wildman–Crippen MR) is 79.7 cm³/mol. The van der Waals surface area contributed by atoms with Crippen LogP contribution >= 0.6 is 0 Å². The Morgan fingerprint density at radius 2 is 2.00 bits per heavy atom. The summed E-state index contributed by atoms with van der Waals surface area (Å²) in [6.07, 6.45) is 3.81. The zero-order valence-corrected chi connectivity index (χ0v) is 12.4. The van der Waals surface area contributed by atoms with Crippen molar-refractivity contribution in [3.8, 4) is 5.69 Å². The van der Waals surface area contributed by atoms with Crippen LogP contribution in [0.2, 0.25) is 0 Å². The van der Waals surface area contributed by atoms with Gasteiger partial charge < -0.3 is 9.88 Å². The fraction of sp³-hybridized carbons (Fsp3) is 0.438. The Bertz CT molecular complexity index is 553. The largest absolute Gasteiger partial charge is 0.310 e. The van der Waals surface area contributed by atoms with Crippen molar-refractivity contribution in [2.24, 2.45) is 0 Å². The summed E-state index contributed by atoms with van der Waals surface area (Å²) < 4.78 is 2.16. The first-order valence-corrected chi connectivity index (χ1v) is 6.78. The maximum absolute atomic E-state index is 4.31. The molecule has 1 heterocycles. The molecule has 2 rings (SSSR count). The number of nitrogens with zero attached hydrogens (tertiary/aromatic N) is 2. The van der Waals surface area contributed by atoms with Crippen LogP contribution < -0.4 is 5.32 Å². The summed E-state index contributed by atoms with van der Waals surface area (Å²) in [6, 6.07) is 8.65. The topological polar surface area (TPSA) is 29.9 Å². The van der Waals surface area contributed by atoms with Crippen molar-refractivity contribution < 1.29 is 0 Å². The molecule has 1 N–H and O–H groups in total. The molecule has 0 radical (unpaired) electrons.